The fourth-order valence-electron chi connectivity index (χ4n) is 2.28. The first-order valence-corrected chi connectivity index (χ1v) is 7.41. The lowest BCUT2D eigenvalue weighted by Gasteiger charge is -2.18. The third-order valence-corrected chi connectivity index (χ3v) is 4.27. The third kappa shape index (κ3) is 3.17. The maximum Gasteiger partial charge on any atom is 0.121 e. The number of hydrogen-bond donors (Lipinski definition) is 1. The predicted octanol–water partition coefficient (Wildman–Crippen LogP) is 4.07. The molecule has 0 aliphatic rings. The number of hydrogen-bond acceptors (Lipinski definition) is 3. The molecule has 0 fully saturated rings. The van der Waals surface area contributed by atoms with Crippen molar-refractivity contribution >= 4 is 11.3 Å². The zero-order valence-electron chi connectivity index (χ0n) is 12.0. The summed E-state index contributed by atoms with van der Waals surface area (Å²) in [6.07, 6.45) is 0. The summed E-state index contributed by atoms with van der Waals surface area (Å²) in [6.45, 7) is 7.33. The average molecular weight is 275 g/mol. The molecule has 1 aromatic heterocycles. The fraction of sp³-hybridized carbons (Fsp3) is 0.375. The molecule has 1 N–H and O–H groups in total. The van der Waals surface area contributed by atoms with E-state index in [-0.39, 0.29) is 6.04 Å². The lowest BCUT2D eigenvalue weighted by Crippen LogP contribution is -2.21. The molecule has 1 heterocycles. The van der Waals surface area contributed by atoms with Crippen molar-refractivity contribution in [1.29, 1.82) is 0 Å². The van der Waals surface area contributed by atoms with Gasteiger partial charge in [0.05, 0.1) is 13.2 Å². The lowest BCUT2D eigenvalue weighted by atomic mass is 10.0. The van der Waals surface area contributed by atoms with Crippen LogP contribution in [0.3, 0.4) is 0 Å². The molecule has 2 nitrogen and oxygen atoms in total. The smallest absolute Gasteiger partial charge is 0.121 e. The molecular weight excluding hydrogens is 254 g/mol. The van der Waals surface area contributed by atoms with E-state index in [0.717, 1.165) is 12.3 Å². The first-order chi connectivity index (χ1) is 9.15. The molecule has 2 aromatic rings. The molecule has 0 saturated heterocycles. The SMILES string of the molecule is CCNC(c1ccc(OC)c(C)c1)c1ccc(C)s1. The molecule has 0 aliphatic carbocycles. The van der Waals surface area contributed by atoms with Crippen LogP contribution in [0.25, 0.3) is 0 Å². The molecule has 0 aliphatic heterocycles. The second kappa shape index (κ2) is 6.22. The highest BCUT2D eigenvalue weighted by atomic mass is 32.1. The van der Waals surface area contributed by atoms with Gasteiger partial charge in [0.25, 0.3) is 0 Å². The van der Waals surface area contributed by atoms with Gasteiger partial charge in [-0.2, -0.15) is 0 Å². The summed E-state index contributed by atoms with van der Waals surface area (Å²) < 4.78 is 5.33. The van der Waals surface area contributed by atoms with Crippen LogP contribution in [0.1, 0.15) is 33.8 Å². The number of benzene rings is 1. The van der Waals surface area contributed by atoms with Crippen molar-refractivity contribution in [3.8, 4) is 5.75 Å². The Bertz CT molecular complexity index is 547. The van der Waals surface area contributed by atoms with Crippen molar-refractivity contribution in [2.24, 2.45) is 0 Å². The normalized spacial score (nSPS) is 12.4. The molecule has 1 unspecified atom stereocenters. The van der Waals surface area contributed by atoms with Crippen LogP contribution in [-0.4, -0.2) is 13.7 Å². The van der Waals surface area contributed by atoms with Crippen molar-refractivity contribution in [2.45, 2.75) is 26.8 Å². The maximum atomic E-state index is 5.33. The first kappa shape index (κ1) is 14.1. The summed E-state index contributed by atoms with van der Waals surface area (Å²) in [5.41, 5.74) is 2.47. The monoisotopic (exact) mass is 275 g/mol. The molecule has 0 bridgehead atoms. The summed E-state index contributed by atoms with van der Waals surface area (Å²) in [6, 6.07) is 11.1. The van der Waals surface area contributed by atoms with Crippen molar-refractivity contribution in [3.63, 3.8) is 0 Å². The van der Waals surface area contributed by atoms with Crippen LogP contribution in [-0.2, 0) is 0 Å². The Morgan fingerprint density at radius 2 is 2.00 bits per heavy atom. The van der Waals surface area contributed by atoms with Crippen molar-refractivity contribution in [2.75, 3.05) is 13.7 Å². The van der Waals surface area contributed by atoms with E-state index < -0.39 is 0 Å². The van der Waals surface area contributed by atoms with Crippen molar-refractivity contribution in [3.05, 3.63) is 51.2 Å². The topological polar surface area (TPSA) is 21.3 Å². The molecule has 1 aromatic carbocycles. The van der Waals surface area contributed by atoms with Gasteiger partial charge in [0, 0.05) is 9.75 Å². The predicted molar refractivity (Wildman–Crippen MR) is 82.3 cm³/mol. The van der Waals surface area contributed by atoms with E-state index >= 15 is 0 Å². The standard InChI is InChI=1S/C16H21NOS/c1-5-17-16(15-9-6-12(3)19-15)13-7-8-14(18-4)11(2)10-13/h6-10,16-17H,5H2,1-4H3. The molecule has 102 valence electrons. The van der Waals surface area contributed by atoms with Gasteiger partial charge < -0.3 is 10.1 Å². The fourth-order valence-corrected chi connectivity index (χ4v) is 3.26. The average Bonchev–Trinajstić information content (AvgIpc) is 2.82. The zero-order valence-corrected chi connectivity index (χ0v) is 12.8. The maximum absolute atomic E-state index is 5.33. The highest BCUT2D eigenvalue weighted by molar-refractivity contribution is 7.12. The number of thiophene rings is 1. The Kier molecular flexibility index (Phi) is 4.61. The van der Waals surface area contributed by atoms with E-state index in [0.29, 0.717) is 0 Å². The molecule has 0 saturated carbocycles. The third-order valence-electron chi connectivity index (χ3n) is 3.21. The first-order valence-electron chi connectivity index (χ1n) is 6.60. The van der Waals surface area contributed by atoms with E-state index in [2.05, 4.69) is 56.4 Å². The van der Waals surface area contributed by atoms with Crippen LogP contribution >= 0.6 is 11.3 Å². The number of aryl methyl sites for hydroxylation is 2. The Morgan fingerprint density at radius 1 is 1.21 bits per heavy atom. The van der Waals surface area contributed by atoms with E-state index in [1.54, 1.807) is 7.11 Å². The molecule has 2 rings (SSSR count). The van der Waals surface area contributed by atoms with E-state index in [1.165, 1.54) is 20.9 Å². The van der Waals surface area contributed by atoms with Crippen LogP contribution < -0.4 is 10.1 Å². The van der Waals surface area contributed by atoms with Gasteiger partial charge in [-0.1, -0.05) is 19.1 Å². The highest BCUT2D eigenvalue weighted by Crippen LogP contribution is 2.30. The summed E-state index contributed by atoms with van der Waals surface area (Å²) in [4.78, 5) is 2.71. The molecule has 19 heavy (non-hydrogen) atoms. The van der Waals surface area contributed by atoms with E-state index in [1.807, 2.05) is 11.3 Å². The number of rotatable bonds is 5. The second-order valence-corrected chi connectivity index (χ2v) is 5.99. The van der Waals surface area contributed by atoms with Gasteiger partial charge in [0.15, 0.2) is 0 Å². The van der Waals surface area contributed by atoms with E-state index in [9.17, 15) is 0 Å². The molecule has 0 radical (unpaired) electrons. The largest absolute Gasteiger partial charge is 0.496 e. The van der Waals surface area contributed by atoms with Crippen LogP contribution in [0, 0.1) is 13.8 Å². The summed E-state index contributed by atoms with van der Waals surface area (Å²) in [5, 5.41) is 3.56. The summed E-state index contributed by atoms with van der Waals surface area (Å²) >= 11 is 1.85. The van der Waals surface area contributed by atoms with Crippen LogP contribution in [0.15, 0.2) is 30.3 Å². The summed E-state index contributed by atoms with van der Waals surface area (Å²) in [5.74, 6) is 0.946. The highest BCUT2D eigenvalue weighted by Gasteiger charge is 2.15. The molecule has 1 atom stereocenters. The van der Waals surface area contributed by atoms with Crippen molar-refractivity contribution in [1.82, 2.24) is 5.32 Å². The van der Waals surface area contributed by atoms with Gasteiger partial charge in [0.2, 0.25) is 0 Å². The Morgan fingerprint density at radius 3 is 2.53 bits per heavy atom. The van der Waals surface area contributed by atoms with Crippen LogP contribution in [0.4, 0.5) is 0 Å². The zero-order chi connectivity index (χ0) is 13.8. The Labute approximate surface area is 119 Å². The summed E-state index contributed by atoms with van der Waals surface area (Å²) in [7, 11) is 1.71. The Balaban J connectivity index is 2.36. The van der Waals surface area contributed by atoms with Gasteiger partial charge >= 0.3 is 0 Å². The van der Waals surface area contributed by atoms with Crippen LogP contribution in [0.2, 0.25) is 0 Å². The van der Waals surface area contributed by atoms with E-state index in [4.69, 9.17) is 4.74 Å². The molecular formula is C16H21NOS. The molecule has 3 heteroatoms. The van der Waals surface area contributed by atoms with Gasteiger partial charge in [-0.3, -0.25) is 0 Å². The van der Waals surface area contributed by atoms with Crippen LogP contribution in [0.5, 0.6) is 5.75 Å². The number of ether oxygens (including phenoxy) is 1. The number of nitrogens with one attached hydrogen (secondary N) is 1. The van der Waals surface area contributed by atoms with Crippen molar-refractivity contribution < 1.29 is 4.74 Å². The molecule has 0 spiro atoms. The van der Waals surface area contributed by atoms with Gasteiger partial charge in [0.1, 0.15) is 5.75 Å². The lowest BCUT2D eigenvalue weighted by molar-refractivity contribution is 0.411. The van der Waals surface area contributed by atoms with Gasteiger partial charge in [-0.05, 0) is 49.7 Å². The Hall–Kier alpha value is -1.32. The quantitative estimate of drug-likeness (QED) is 0.888. The van der Waals surface area contributed by atoms with Gasteiger partial charge in [-0.25, -0.2) is 0 Å². The second-order valence-electron chi connectivity index (χ2n) is 4.67. The van der Waals surface area contributed by atoms with Gasteiger partial charge in [-0.15, -0.1) is 11.3 Å². The minimum atomic E-state index is 0.272. The minimum absolute atomic E-state index is 0.272. The molecule has 0 amide bonds. The number of methoxy groups -OCH3 is 1. The minimum Gasteiger partial charge on any atom is -0.496 e.